The normalized spacial score (nSPS) is 9.88. The first kappa shape index (κ1) is 17.3. The number of hydrogen-bond donors (Lipinski definition) is 0. The van der Waals surface area contributed by atoms with Crippen molar-refractivity contribution in [3.8, 4) is 17.6 Å². The van der Waals surface area contributed by atoms with Crippen molar-refractivity contribution in [3.05, 3.63) is 53.9 Å². The summed E-state index contributed by atoms with van der Waals surface area (Å²) in [7, 11) is 3.02. The molecule has 24 heavy (non-hydrogen) atoms. The molecule has 1 heterocycles. The van der Waals surface area contributed by atoms with Crippen LogP contribution >= 0.6 is 0 Å². The lowest BCUT2D eigenvalue weighted by molar-refractivity contribution is 0.0742. The van der Waals surface area contributed by atoms with E-state index in [4.69, 9.17) is 14.7 Å². The van der Waals surface area contributed by atoms with Gasteiger partial charge in [0.2, 0.25) is 0 Å². The molecule has 0 aliphatic heterocycles. The van der Waals surface area contributed by atoms with E-state index in [1.807, 2.05) is 12.1 Å². The van der Waals surface area contributed by atoms with Gasteiger partial charge in [-0.25, -0.2) is 0 Å². The molecule has 1 aromatic carbocycles. The third-order valence-electron chi connectivity index (χ3n) is 3.51. The number of para-hydroxylation sites is 1. The largest absolute Gasteiger partial charge is 0.493 e. The van der Waals surface area contributed by atoms with Crippen LogP contribution in [-0.4, -0.2) is 36.6 Å². The summed E-state index contributed by atoms with van der Waals surface area (Å²) in [6, 6.07) is 10.9. The van der Waals surface area contributed by atoms with Gasteiger partial charge in [-0.3, -0.25) is 9.78 Å². The summed E-state index contributed by atoms with van der Waals surface area (Å²) in [5, 5.41) is 8.87. The average molecular weight is 325 g/mol. The minimum atomic E-state index is -0.218. The third kappa shape index (κ3) is 4.02. The molecule has 2 rings (SSSR count). The van der Waals surface area contributed by atoms with Crippen LogP contribution in [0.3, 0.4) is 0 Å². The molecule has 6 heteroatoms. The predicted octanol–water partition coefficient (Wildman–Crippen LogP) is 2.65. The van der Waals surface area contributed by atoms with Crippen LogP contribution in [0.2, 0.25) is 0 Å². The molecule has 0 radical (unpaired) electrons. The van der Waals surface area contributed by atoms with E-state index in [9.17, 15) is 4.79 Å². The highest BCUT2D eigenvalue weighted by Crippen LogP contribution is 2.31. The van der Waals surface area contributed by atoms with Gasteiger partial charge in [0, 0.05) is 25.5 Å². The van der Waals surface area contributed by atoms with Gasteiger partial charge >= 0.3 is 0 Å². The molecule has 0 unspecified atom stereocenters. The van der Waals surface area contributed by atoms with Gasteiger partial charge in [0.15, 0.2) is 11.5 Å². The quantitative estimate of drug-likeness (QED) is 0.782. The number of rotatable bonds is 7. The van der Waals surface area contributed by atoms with Crippen molar-refractivity contribution < 1.29 is 14.3 Å². The minimum absolute atomic E-state index is 0.218. The number of pyridine rings is 1. The summed E-state index contributed by atoms with van der Waals surface area (Å²) >= 11 is 0. The number of methoxy groups -OCH3 is 2. The molecule has 0 saturated heterocycles. The second-order valence-corrected chi connectivity index (χ2v) is 5.04. The number of hydrogen-bond acceptors (Lipinski definition) is 5. The lowest BCUT2D eigenvalue weighted by atomic mass is 10.1. The van der Waals surface area contributed by atoms with Crippen molar-refractivity contribution in [2.75, 3.05) is 20.8 Å². The Labute approximate surface area is 141 Å². The van der Waals surface area contributed by atoms with Crippen molar-refractivity contribution in [1.29, 1.82) is 5.26 Å². The van der Waals surface area contributed by atoms with Crippen LogP contribution in [0, 0.1) is 11.3 Å². The smallest absolute Gasteiger partial charge is 0.258 e. The first-order chi connectivity index (χ1) is 11.7. The number of amides is 1. The molecule has 0 atom stereocenters. The summed E-state index contributed by atoms with van der Waals surface area (Å²) in [5.74, 6) is 0.660. The molecule has 0 aliphatic carbocycles. The van der Waals surface area contributed by atoms with Crippen LogP contribution in [0.4, 0.5) is 0 Å². The highest BCUT2D eigenvalue weighted by Gasteiger charge is 2.22. The van der Waals surface area contributed by atoms with Gasteiger partial charge in [-0.15, -0.1) is 0 Å². The van der Waals surface area contributed by atoms with Gasteiger partial charge in [-0.05, 0) is 23.8 Å². The van der Waals surface area contributed by atoms with Gasteiger partial charge in [0.05, 0.1) is 32.3 Å². The lowest BCUT2D eigenvalue weighted by Crippen LogP contribution is -2.31. The maximum atomic E-state index is 13.0. The van der Waals surface area contributed by atoms with E-state index in [2.05, 4.69) is 11.1 Å². The Morgan fingerprint density at radius 3 is 2.71 bits per heavy atom. The van der Waals surface area contributed by atoms with Crippen LogP contribution in [0.5, 0.6) is 11.5 Å². The Bertz CT molecular complexity index is 726. The molecule has 0 bridgehead atoms. The monoisotopic (exact) mass is 325 g/mol. The maximum absolute atomic E-state index is 13.0. The number of nitrogens with zero attached hydrogens (tertiary/aromatic N) is 3. The van der Waals surface area contributed by atoms with Crippen LogP contribution < -0.4 is 9.47 Å². The van der Waals surface area contributed by atoms with Crippen LogP contribution in [0.15, 0.2) is 42.7 Å². The number of aromatic nitrogens is 1. The molecule has 1 amide bonds. The fraction of sp³-hybridized carbons (Fsp3) is 0.278. The zero-order valence-electron chi connectivity index (χ0n) is 13.7. The standard InChI is InChI=1S/C18H19N3O3/c1-23-16-8-3-7-15(17(16)24-2)18(22)21(11-5-9-19)13-14-6-4-10-20-12-14/h3-4,6-8,10,12H,5,11,13H2,1-2H3. The fourth-order valence-electron chi connectivity index (χ4n) is 2.38. The number of carbonyl (C=O) groups is 1. The second kappa shape index (κ2) is 8.53. The van der Waals surface area contributed by atoms with Crippen molar-refractivity contribution in [3.63, 3.8) is 0 Å². The molecule has 6 nitrogen and oxygen atoms in total. The Balaban J connectivity index is 2.32. The Morgan fingerprint density at radius 2 is 2.08 bits per heavy atom. The first-order valence-electron chi connectivity index (χ1n) is 7.47. The van der Waals surface area contributed by atoms with E-state index >= 15 is 0 Å². The molecule has 0 spiro atoms. The highest BCUT2D eigenvalue weighted by atomic mass is 16.5. The third-order valence-corrected chi connectivity index (χ3v) is 3.51. The van der Waals surface area contributed by atoms with Crippen LogP contribution in [0.25, 0.3) is 0 Å². The molecule has 0 N–H and O–H groups in total. The van der Waals surface area contributed by atoms with Crippen molar-refractivity contribution in [2.45, 2.75) is 13.0 Å². The minimum Gasteiger partial charge on any atom is -0.493 e. The number of nitriles is 1. The molecule has 1 aromatic heterocycles. The Morgan fingerprint density at radius 1 is 1.25 bits per heavy atom. The van der Waals surface area contributed by atoms with Crippen LogP contribution in [-0.2, 0) is 6.54 Å². The lowest BCUT2D eigenvalue weighted by Gasteiger charge is -2.23. The van der Waals surface area contributed by atoms with Crippen LogP contribution in [0.1, 0.15) is 22.3 Å². The molecule has 2 aromatic rings. The SMILES string of the molecule is COc1cccc(C(=O)N(CCC#N)Cc2cccnc2)c1OC. The van der Waals surface area contributed by atoms with E-state index in [1.165, 1.54) is 14.2 Å². The zero-order valence-corrected chi connectivity index (χ0v) is 13.7. The predicted molar refractivity (Wildman–Crippen MR) is 88.8 cm³/mol. The van der Waals surface area contributed by atoms with E-state index in [0.29, 0.717) is 30.2 Å². The van der Waals surface area contributed by atoms with Crippen molar-refractivity contribution >= 4 is 5.91 Å². The second-order valence-electron chi connectivity index (χ2n) is 5.04. The number of benzene rings is 1. The summed E-state index contributed by atoms with van der Waals surface area (Å²) in [4.78, 5) is 18.6. The number of carbonyl (C=O) groups excluding carboxylic acids is 1. The summed E-state index contributed by atoms with van der Waals surface area (Å²) in [6.07, 6.45) is 3.63. The van der Waals surface area contributed by atoms with E-state index in [1.54, 1.807) is 35.5 Å². The van der Waals surface area contributed by atoms with Gasteiger partial charge < -0.3 is 14.4 Å². The van der Waals surface area contributed by atoms with Gasteiger partial charge in [0.1, 0.15) is 0 Å². The summed E-state index contributed by atoms with van der Waals surface area (Å²) < 4.78 is 10.6. The zero-order chi connectivity index (χ0) is 17.4. The van der Waals surface area contributed by atoms with Gasteiger partial charge in [-0.1, -0.05) is 12.1 Å². The van der Waals surface area contributed by atoms with E-state index in [-0.39, 0.29) is 12.3 Å². The summed E-state index contributed by atoms with van der Waals surface area (Å²) in [6.45, 7) is 0.694. The van der Waals surface area contributed by atoms with E-state index < -0.39 is 0 Å². The molecular weight excluding hydrogens is 306 g/mol. The molecule has 0 saturated carbocycles. The van der Waals surface area contributed by atoms with Gasteiger partial charge in [0.25, 0.3) is 5.91 Å². The molecule has 0 fully saturated rings. The Kier molecular flexibility index (Phi) is 6.15. The van der Waals surface area contributed by atoms with Crippen molar-refractivity contribution in [1.82, 2.24) is 9.88 Å². The highest BCUT2D eigenvalue weighted by molar-refractivity contribution is 5.97. The fourth-order valence-corrected chi connectivity index (χ4v) is 2.38. The molecular formula is C18H19N3O3. The van der Waals surface area contributed by atoms with Gasteiger partial charge in [-0.2, -0.15) is 5.26 Å². The Hall–Kier alpha value is -3.07. The van der Waals surface area contributed by atoms with E-state index in [0.717, 1.165) is 5.56 Å². The average Bonchev–Trinajstić information content (AvgIpc) is 2.64. The maximum Gasteiger partial charge on any atom is 0.258 e. The molecule has 0 aliphatic rings. The van der Waals surface area contributed by atoms with Crippen molar-refractivity contribution in [2.24, 2.45) is 0 Å². The first-order valence-corrected chi connectivity index (χ1v) is 7.47. The molecule has 124 valence electrons. The summed E-state index contributed by atoms with van der Waals surface area (Å²) in [5.41, 5.74) is 1.30. The number of ether oxygens (including phenoxy) is 2. The topological polar surface area (TPSA) is 75.5 Å².